The number of unbranched alkanes of at least 4 members (excludes halogenated alkanes) is 1. The molecule has 1 N–H and O–H groups in total. The van der Waals surface area contributed by atoms with Crippen LogP contribution in [-0.2, 0) is 19.3 Å². The van der Waals surface area contributed by atoms with Crippen molar-refractivity contribution < 1.29 is 4.74 Å². The van der Waals surface area contributed by atoms with Gasteiger partial charge in [0.2, 0.25) is 5.16 Å². The molecule has 0 radical (unpaired) electrons. The Bertz CT molecular complexity index is 1340. The lowest BCUT2D eigenvalue weighted by Crippen LogP contribution is -2.31. The Labute approximate surface area is 181 Å². The van der Waals surface area contributed by atoms with Crippen LogP contribution in [0.2, 0.25) is 0 Å². The zero-order valence-corrected chi connectivity index (χ0v) is 18.2. The van der Waals surface area contributed by atoms with E-state index < -0.39 is 11.2 Å². The van der Waals surface area contributed by atoms with E-state index in [1.165, 1.54) is 16.3 Å². The summed E-state index contributed by atoms with van der Waals surface area (Å²) >= 11 is 1.37. The lowest BCUT2D eigenvalue weighted by Gasteiger charge is -2.08. The Balaban J connectivity index is 1.68. The summed E-state index contributed by atoms with van der Waals surface area (Å²) in [5.41, 5.74) is 0.591. The summed E-state index contributed by atoms with van der Waals surface area (Å²) in [6.07, 6.45) is 1.74. The molecule has 4 rings (SSSR count). The summed E-state index contributed by atoms with van der Waals surface area (Å²) in [4.78, 5) is 31.7. The van der Waals surface area contributed by atoms with E-state index in [-0.39, 0.29) is 0 Å². The van der Waals surface area contributed by atoms with E-state index in [9.17, 15) is 9.59 Å². The highest BCUT2D eigenvalue weighted by atomic mass is 32.2. The van der Waals surface area contributed by atoms with Crippen LogP contribution in [0.15, 0.2) is 39.0 Å². The molecule has 0 unspecified atom stereocenters. The van der Waals surface area contributed by atoms with Gasteiger partial charge in [-0.1, -0.05) is 37.2 Å². The molecule has 0 spiro atoms. The van der Waals surface area contributed by atoms with E-state index in [0.717, 1.165) is 12.8 Å². The SMILES string of the molecule is CCCCn1c(=O)[nH]c(=O)c2c1nc(CSc1nnnn1-c1ccccc1OC)n2C. The third kappa shape index (κ3) is 3.85. The van der Waals surface area contributed by atoms with Crippen molar-refractivity contribution in [3.8, 4) is 11.4 Å². The molecule has 0 aliphatic rings. The van der Waals surface area contributed by atoms with Crippen LogP contribution in [0.25, 0.3) is 16.9 Å². The Kier molecular flexibility index (Phi) is 5.89. The summed E-state index contributed by atoms with van der Waals surface area (Å²) in [5, 5.41) is 12.5. The maximum Gasteiger partial charge on any atom is 0.330 e. The van der Waals surface area contributed by atoms with E-state index in [0.29, 0.717) is 45.9 Å². The van der Waals surface area contributed by atoms with E-state index in [1.807, 2.05) is 31.2 Å². The first kappa shape index (κ1) is 20.8. The summed E-state index contributed by atoms with van der Waals surface area (Å²) < 4.78 is 10.2. The molecule has 11 nitrogen and oxygen atoms in total. The van der Waals surface area contributed by atoms with Gasteiger partial charge in [0.25, 0.3) is 5.56 Å². The highest BCUT2D eigenvalue weighted by Gasteiger charge is 2.18. The van der Waals surface area contributed by atoms with Crippen molar-refractivity contribution >= 4 is 22.9 Å². The first-order valence-electron chi connectivity index (χ1n) is 9.78. The van der Waals surface area contributed by atoms with Crippen molar-refractivity contribution in [1.29, 1.82) is 0 Å². The number of hydrogen-bond acceptors (Lipinski definition) is 8. The van der Waals surface area contributed by atoms with Crippen LogP contribution in [-0.4, -0.2) is 46.4 Å². The maximum absolute atomic E-state index is 12.4. The van der Waals surface area contributed by atoms with E-state index in [4.69, 9.17) is 4.74 Å². The predicted molar refractivity (Wildman–Crippen MR) is 116 cm³/mol. The molecule has 0 fully saturated rings. The van der Waals surface area contributed by atoms with Gasteiger partial charge in [-0.15, -0.1) is 5.10 Å². The summed E-state index contributed by atoms with van der Waals surface area (Å²) in [6.45, 7) is 2.54. The van der Waals surface area contributed by atoms with Gasteiger partial charge in [0.1, 0.15) is 17.3 Å². The largest absolute Gasteiger partial charge is 0.494 e. The van der Waals surface area contributed by atoms with Gasteiger partial charge >= 0.3 is 5.69 Å². The smallest absolute Gasteiger partial charge is 0.330 e. The molecule has 162 valence electrons. The molecule has 1 aromatic carbocycles. The number of fused-ring (bicyclic) bond motifs is 1. The number of benzene rings is 1. The highest BCUT2D eigenvalue weighted by molar-refractivity contribution is 7.98. The average molecular weight is 443 g/mol. The third-order valence-corrected chi connectivity index (χ3v) is 5.84. The van der Waals surface area contributed by atoms with Gasteiger partial charge in [0, 0.05) is 13.6 Å². The number of para-hydroxylation sites is 2. The standard InChI is InChI=1S/C19H22N8O3S/c1-4-5-10-26-16-15(17(28)21-18(26)29)25(2)14(20-16)11-31-19-22-23-24-27(19)12-8-6-7-9-13(12)30-3/h6-9H,4-5,10-11H2,1-3H3,(H,21,28,29). The van der Waals surface area contributed by atoms with Crippen molar-refractivity contribution in [2.75, 3.05) is 7.11 Å². The molecule has 3 heterocycles. The number of nitrogens with one attached hydrogen (secondary N) is 1. The van der Waals surface area contributed by atoms with Gasteiger partial charge in [-0.05, 0) is 29.0 Å². The average Bonchev–Trinajstić information content (AvgIpc) is 3.36. The number of nitrogens with zero attached hydrogens (tertiary/aromatic N) is 7. The van der Waals surface area contributed by atoms with Gasteiger partial charge in [-0.25, -0.2) is 9.78 Å². The number of ether oxygens (including phenoxy) is 1. The van der Waals surface area contributed by atoms with Crippen LogP contribution >= 0.6 is 11.8 Å². The van der Waals surface area contributed by atoms with Crippen LogP contribution in [0, 0.1) is 0 Å². The van der Waals surface area contributed by atoms with Crippen LogP contribution in [0.1, 0.15) is 25.6 Å². The minimum absolute atomic E-state index is 0.371. The second-order valence-corrected chi connectivity index (χ2v) is 7.80. The molecule has 0 aliphatic heterocycles. The zero-order valence-electron chi connectivity index (χ0n) is 17.4. The summed E-state index contributed by atoms with van der Waals surface area (Å²) in [7, 11) is 3.35. The van der Waals surface area contributed by atoms with Crippen LogP contribution in [0.4, 0.5) is 0 Å². The Morgan fingerprint density at radius 2 is 2.03 bits per heavy atom. The van der Waals surface area contributed by atoms with Gasteiger partial charge < -0.3 is 9.30 Å². The first-order chi connectivity index (χ1) is 15.0. The van der Waals surface area contributed by atoms with Gasteiger partial charge in [-0.3, -0.25) is 14.3 Å². The highest BCUT2D eigenvalue weighted by Crippen LogP contribution is 2.27. The molecule has 0 atom stereocenters. The number of aryl methyl sites for hydroxylation is 2. The molecular formula is C19H22N8O3S. The number of methoxy groups -OCH3 is 1. The number of H-pyrrole nitrogens is 1. The van der Waals surface area contributed by atoms with Crippen LogP contribution in [0.3, 0.4) is 0 Å². The maximum atomic E-state index is 12.4. The van der Waals surface area contributed by atoms with E-state index >= 15 is 0 Å². The van der Waals surface area contributed by atoms with E-state index in [2.05, 4.69) is 25.5 Å². The second-order valence-electron chi connectivity index (χ2n) is 6.86. The monoisotopic (exact) mass is 442 g/mol. The van der Waals surface area contributed by atoms with Gasteiger partial charge in [-0.2, -0.15) is 4.68 Å². The molecule has 0 amide bonds. The van der Waals surface area contributed by atoms with Gasteiger partial charge in [0.05, 0.1) is 12.9 Å². The molecule has 3 aromatic heterocycles. The number of imidazole rings is 1. The molecule has 0 saturated heterocycles. The van der Waals surface area contributed by atoms with Crippen LogP contribution < -0.4 is 16.0 Å². The lowest BCUT2D eigenvalue weighted by molar-refractivity contribution is 0.410. The predicted octanol–water partition coefficient (Wildman–Crippen LogP) is 1.50. The first-order valence-corrected chi connectivity index (χ1v) is 10.8. The number of thioether (sulfide) groups is 1. The molecule has 31 heavy (non-hydrogen) atoms. The molecule has 0 saturated carbocycles. The second kappa shape index (κ2) is 8.76. The van der Waals surface area contributed by atoms with Crippen molar-refractivity contribution in [2.24, 2.45) is 7.05 Å². The number of aromatic nitrogens is 8. The quantitative estimate of drug-likeness (QED) is 0.407. The molecule has 0 bridgehead atoms. The van der Waals surface area contributed by atoms with Crippen LogP contribution in [0.5, 0.6) is 5.75 Å². The third-order valence-electron chi connectivity index (χ3n) is 4.93. The number of tetrazole rings is 1. The van der Waals surface area contributed by atoms with E-state index in [1.54, 1.807) is 23.4 Å². The minimum atomic E-state index is -0.446. The topological polar surface area (TPSA) is 126 Å². The fourth-order valence-corrected chi connectivity index (χ4v) is 4.17. The number of aromatic amines is 1. The number of rotatable bonds is 8. The molecule has 4 aromatic rings. The van der Waals surface area contributed by atoms with Crippen molar-refractivity contribution in [3.63, 3.8) is 0 Å². The fraction of sp³-hybridized carbons (Fsp3) is 0.368. The Hall–Kier alpha value is -3.41. The van der Waals surface area contributed by atoms with Crippen molar-refractivity contribution in [2.45, 2.75) is 37.2 Å². The zero-order chi connectivity index (χ0) is 22.0. The molecule has 0 aliphatic carbocycles. The molecular weight excluding hydrogens is 420 g/mol. The Morgan fingerprint density at radius 3 is 2.81 bits per heavy atom. The minimum Gasteiger partial charge on any atom is -0.494 e. The van der Waals surface area contributed by atoms with Crippen molar-refractivity contribution in [3.05, 3.63) is 50.9 Å². The van der Waals surface area contributed by atoms with Crippen molar-refractivity contribution in [1.82, 2.24) is 39.3 Å². The van der Waals surface area contributed by atoms with Gasteiger partial charge in [0.15, 0.2) is 11.2 Å². The molecule has 12 heteroatoms. The normalized spacial score (nSPS) is 11.3. The summed E-state index contributed by atoms with van der Waals surface area (Å²) in [5.74, 6) is 1.68. The fourth-order valence-electron chi connectivity index (χ4n) is 3.30. The lowest BCUT2D eigenvalue weighted by atomic mass is 10.3. The number of hydrogen-bond donors (Lipinski definition) is 1. The summed E-state index contributed by atoms with van der Waals surface area (Å²) in [6, 6.07) is 7.44. The Morgan fingerprint density at radius 1 is 1.23 bits per heavy atom.